The van der Waals surface area contributed by atoms with Crippen LogP contribution in [0.25, 0.3) is 0 Å². The first-order valence-electron chi connectivity index (χ1n) is 14.7. The van der Waals surface area contributed by atoms with Gasteiger partial charge in [0.15, 0.2) is 0 Å². The lowest BCUT2D eigenvalue weighted by molar-refractivity contribution is -0.906. The fraction of sp³-hybridized carbons (Fsp3) is 0.606. The SMILES string of the molecule is CCCCCCCCCc1ccc(OC(CCC)OC(=O)C(CC)C[N+](C)(C)Cc2ccccc2)cc1. The maximum atomic E-state index is 13.2. The van der Waals surface area contributed by atoms with E-state index in [-0.39, 0.29) is 11.9 Å². The Labute approximate surface area is 227 Å². The minimum Gasteiger partial charge on any atom is -0.455 e. The number of carbonyl (C=O) groups is 1. The van der Waals surface area contributed by atoms with Crippen LogP contribution in [-0.4, -0.2) is 37.4 Å². The van der Waals surface area contributed by atoms with Gasteiger partial charge in [0, 0.05) is 12.0 Å². The molecule has 2 aromatic carbocycles. The summed E-state index contributed by atoms with van der Waals surface area (Å²) in [4.78, 5) is 13.2. The summed E-state index contributed by atoms with van der Waals surface area (Å²) in [5.41, 5.74) is 2.62. The Bertz CT molecular complexity index is 863. The number of ether oxygens (including phenoxy) is 2. The molecule has 0 spiro atoms. The average molecular weight is 511 g/mol. The van der Waals surface area contributed by atoms with E-state index in [1.807, 2.05) is 18.2 Å². The molecule has 0 heterocycles. The topological polar surface area (TPSA) is 35.5 Å². The van der Waals surface area contributed by atoms with E-state index in [1.165, 1.54) is 56.1 Å². The Morgan fingerprint density at radius 3 is 2.05 bits per heavy atom. The predicted molar refractivity (Wildman–Crippen MR) is 154 cm³/mol. The van der Waals surface area contributed by atoms with Gasteiger partial charge in [0.25, 0.3) is 0 Å². The van der Waals surface area contributed by atoms with Crippen molar-refractivity contribution in [1.82, 2.24) is 0 Å². The minimum absolute atomic E-state index is 0.157. The molecule has 0 aliphatic carbocycles. The summed E-state index contributed by atoms with van der Waals surface area (Å²) in [6, 6.07) is 18.8. The highest BCUT2D eigenvalue weighted by Gasteiger charge is 2.30. The molecule has 37 heavy (non-hydrogen) atoms. The van der Waals surface area contributed by atoms with Crippen LogP contribution in [0, 0.1) is 5.92 Å². The van der Waals surface area contributed by atoms with Crippen molar-refractivity contribution in [2.45, 2.75) is 104 Å². The van der Waals surface area contributed by atoms with Crippen molar-refractivity contribution >= 4 is 5.97 Å². The summed E-state index contributed by atoms with van der Waals surface area (Å²) in [6.07, 6.45) is 12.2. The van der Waals surface area contributed by atoms with Crippen molar-refractivity contribution in [2.75, 3.05) is 20.6 Å². The van der Waals surface area contributed by atoms with Gasteiger partial charge < -0.3 is 14.0 Å². The third kappa shape index (κ3) is 12.6. The van der Waals surface area contributed by atoms with Crippen LogP contribution in [0.1, 0.15) is 96.1 Å². The van der Waals surface area contributed by atoms with E-state index in [1.54, 1.807) is 0 Å². The first kappa shape index (κ1) is 30.9. The molecular weight excluding hydrogens is 458 g/mol. The molecule has 0 fully saturated rings. The molecule has 0 amide bonds. The molecule has 2 unspecified atom stereocenters. The van der Waals surface area contributed by atoms with Crippen molar-refractivity contribution in [2.24, 2.45) is 5.92 Å². The molecule has 206 valence electrons. The van der Waals surface area contributed by atoms with Gasteiger partial charge in [-0.25, -0.2) is 0 Å². The number of rotatable bonds is 19. The summed E-state index contributed by atoms with van der Waals surface area (Å²) in [5.74, 6) is 0.449. The third-order valence-corrected chi connectivity index (χ3v) is 7.03. The molecule has 2 atom stereocenters. The Balaban J connectivity index is 1.85. The number of benzene rings is 2. The lowest BCUT2D eigenvalue weighted by Gasteiger charge is -2.33. The molecule has 0 aliphatic rings. The van der Waals surface area contributed by atoms with E-state index in [2.05, 4.69) is 71.3 Å². The maximum absolute atomic E-state index is 13.2. The Hall–Kier alpha value is -2.33. The van der Waals surface area contributed by atoms with Crippen LogP contribution in [0.3, 0.4) is 0 Å². The molecule has 0 saturated heterocycles. The Kier molecular flexibility index (Phi) is 14.4. The van der Waals surface area contributed by atoms with Crippen LogP contribution < -0.4 is 4.74 Å². The van der Waals surface area contributed by atoms with Crippen molar-refractivity contribution in [3.63, 3.8) is 0 Å². The van der Waals surface area contributed by atoms with E-state index in [4.69, 9.17) is 9.47 Å². The second-order valence-electron chi connectivity index (χ2n) is 11.2. The number of aryl methyl sites for hydroxylation is 1. The summed E-state index contributed by atoms with van der Waals surface area (Å²) in [5, 5.41) is 0. The highest BCUT2D eigenvalue weighted by Crippen LogP contribution is 2.21. The van der Waals surface area contributed by atoms with Gasteiger partial charge in [0.2, 0.25) is 6.29 Å². The number of nitrogens with zero attached hydrogens (tertiary/aromatic N) is 1. The molecule has 4 heteroatoms. The van der Waals surface area contributed by atoms with Gasteiger partial charge in [-0.3, -0.25) is 4.79 Å². The normalized spacial score (nSPS) is 13.2. The predicted octanol–water partition coefficient (Wildman–Crippen LogP) is 8.33. The van der Waals surface area contributed by atoms with Crippen LogP contribution in [0.4, 0.5) is 0 Å². The van der Waals surface area contributed by atoms with Crippen LogP contribution in [0.5, 0.6) is 5.75 Å². The molecular formula is C33H52NO3+. The van der Waals surface area contributed by atoms with E-state index < -0.39 is 6.29 Å². The van der Waals surface area contributed by atoms with Gasteiger partial charge >= 0.3 is 5.97 Å². The minimum atomic E-state index is -0.551. The van der Waals surface area contributed by atoms with Crippen LogP contribution in [-0.2, 0) is 22.5 Å². The molecule has 4 nitrogen and oxygen atoms in total. The largest absolute Gasteiger partial charge is 0.455 e. The number of quaternary nitrogens is 1. The molecule has 0 N–H and O–H groups in total. The molecule has 0 aliphatic heterocycles. The fourth-order valence-electron chi connectivity index (χ4n) is 4.89. The van der Waals surface area contributed by atoms with Gasteiger partial charge in [-0.1, -0.05) is 102 Å². The quantitative estimate of drug-likeness (QED) is 0.0824. The molecule has 0 radical (unpaired) electrons. The molecule has 0 aromatic heterocycles. The number of carbonyl (C=O) groups excluding carboxylic acids is 1. The molecule has 2 aromatic rings. The summed E-state index contributed by atoms with van der Waals surface area (Å²) in [6.45, 7) is 8.03. The lowest BCUT2D eigenvalue weighted by Crippen LogP contribution is -2.45. The van der Waals surface area contributed by atoms with Gasteiger partial charge in [-0.2, -0.15) is 0 Å². The smallest absolute Gasteiger partial charge is 0.317 e. The zero-order valence-electron chi connectivity index (χ0n) is 24.2. The lowest BCUT2D eigenvalue weighted by atomic mass is 10.0. The van der Waals surface area contributed by atoms with Gasteiger partial charge in [0.1, 0.15) is 18.2 Å². The van der Waals surface area contributed by atoms with Crippen LogP contribution in [0.2, 0.25) is 0 Å². The first-order chi connectivity index (χ1) is 17.9. The van der Waals surface area contributed by atoms with Crippen LogP contribution in [0.15, 0.2) is 54.6 Å². The standard InChI is InChI=1S/C33H52NO3/c1-6-9-10-11-12-13-15-19-28-22-24-31(25-23-28)36-32(18-7-2)37-33(35)30(8-3)27-34(4,5)26-29-20-16-14-17-21-29/h14,16-17,20-25,30,32H,6-13,15,18-19,26-27H2,1-5H3/q+1. The number of esters is 1. The zero-order chi connectivity index (χ0) is 26.9. The molecule has 0 bridgehead atoms. The fourth-order valence-corrected chi connectivity index (χ4v) is 4.89. The van der Waals surface area contributed by atoms with Gasteiger partial charge in [-0.15, -0.1) is 0 Å². The Morgan fingerprint density at radius 2 is 1.43 bits per heavy atom. The molecule has 0 saturated carbocycles. The second-order valence-corrected chi connectivity index (χ2v) is 11.2. The maximum Gasteiger partial charge on any atom is 0.317 e. The number of hydrogen-bond donors (Lipinski definition) is 0. The van der Waals surface area contributed by atoms with E-state index in [0.29, 0.717) is 6.42 Å². The van der Waals surface area contributed by atoms with Crippen molar-refractivity contribution in [3.8, 4) is 5.75 Å². The van der Waals surface area contributed by atoms with Crippen molar-refractivity contribution < 1.29 is 18.8 Å². The van der Waals surface area contributed by atoms with E-state index in [9.17, 15) is 4.79 Å². The highest BCUT2D eigenvalue weighted by atomic mass is 16.7. The van der Waals surface area contributed by atoms with E-state index >= 15 is 0 Å². The average Bonchev–Trinajstić information content (AvgIpc) is 2.88. The summed E-state index contributed by atoms with van der Waals surface area (Å²) < 4.78 is 12.8. The summed E-state index contributed by atoms with van der Waals surface area (Å²) in [7, 11) is 4.36. The van der Waals surface area contributed by atoms with Crippen LogP contribution >= 0.6 is 0 Å². The monoisotopic (exact) mass is 510 g/mol. The third-order valence-electron chi connectivity index (χ3n) is 7.03. The molecule has 2 rings (SSSR count). The summed E-state index contributed by atoms with van der Waals surface area (Å²) >= 11 is 0. The van der Waals surface area contributed by atoms with Gasteiger partial charge in [-0.05, 0) is 43.4 Å². The van der Waals surface area contributed by atoms with Gasteiger partial charge in [0.05, 0.1) is 20.6 Å². The zero-order valence-corrected chi connectivity index (χ0v) is 24.2. The Morgan fingerprint density at radius 1 is 0.784 bits per heavy atom. The number of unbranched alkanes of at least 4 members (excludes halogenated alkanes) is 6. The van der Waals surface area contributed by atoms with E-state index in [0.717, 1.165) is 42.6 Å². The second kappa shape index (κ2) is 17.2. The number of hydrogen-bond acceptors (Lipinski definition) is 3. The highest BCUT2D eigenvalue weighted by molar-refractivity contribution is 5.72. The van der Waals surface area contributed by atoms with Crippen molar-refractivity contribution in [3.05, 3.63) is 65.7 Å². The first-order valence-corrected chi connectivity index (χ1v) is 14.7. The van der Waals surface area contributed by atoms with Crippen molar-refractivity contribution in [1.29, 1.82) is 0 Å².